The molecule has 3 N–H and O–H groups in total. The zero-order valence-corrected chi connectivity index (χ0v) is 18.1. The van der Waals surface area contributed by atoms with Crippen LogP contribution in [-0.2, 0) is 13.7 Å². The van der Waals surface area contributed by atoms with Gasteiger partial charge in [0.25, 0.3) is 0 Å². The number of thiophene rings is 1. The molecule has 0 aliphatic rings. The number of imidazole rings is 1. The normalized spacial score (nSPS) is 11.7. The van der Waals surface area contributed by atoms with Crippen molar-refractivity contribution in [2.75, 3.05) is 0 Å². The van der Waals surface area contributed by atoms with Crippen LogP contribution in [-0.4, -0.2) is 45.0 Å². The molecule has 158 valence electrons. The van der Waals surface area contributed by atoms with E-state index in [0.29, 0.717) is 28.4 Å². The molecule has 0 aromatic carbocycles. The average molecular weight is 443 g/mol. The molecule has 32 heavy (non-hydrogen) atoms. The Morgan fingerprint density at radius 3 is 2.72 bits per heavy atom. The second kappa shape index (κ2) is 7.08. The highest BCUT2D eigenvalue weighted by Gasteiger charge is 2.19. The monoisotopic (exact) mass is 442 g/mol. The molecule has 0 bridgehead atoms. The number of aliphatic hydroxyl groups excluding tert-OH is 1. The Labute approximate surface area is 185 Å². The topological polar surface area (TPSA) is 121 Å². The summed E-state index contributed by atoms with van der Waals surface area (Å²) in [7, 11) is 1.82. The fourth-order valence-corrected chi connectivity index (χ4v) is 4.73. The lowest BCUT2D eigenvalue weighted by Crippen LogP contribution is -1.92. The van der Waals surface area contributed by atoms with Crippen LogP contribution in [0, 0.1) is 6.92 Å². The van der Waals surface area contributed by atoms with Crippen molar-refractivity contribution in [1.29, 1.82) is 0 Å². The van der Waals surface area contributed by atoms with E-state index in [0.717, 1.165) is 32.7 Å². The van der Waals surface area contributed by atoms with Gasteiger partial charge in [-0.15, -0.1) is 11.3 Å². The number of nitrogens with zero attached hydrogens (tertiary/aromatic N) is 6. The Morgan fingerprint density at radius 1 is 1.03 bits per heavy atom. The minimum absolute atomic E-state index is 0.157. The average Bonchev–Trinajstić information content (AvgIpc) is 3.57. The number of aromatic nitrogens is 8. The third-order valence-electron chi connectivity index (χ3n) is 5.34. The summed E-state index contributed by atoms with van der Waals surface area (Å²) < 4.78 is 1.67. The molecule has 0 aliphatic carbocycles. The molecule has 6 aromatic heterocycles. The van der Waals surface area contributed by atoms with Crippen LogP contribution in [0.5, 0.6) is 0 Å². The van der Waals surface area contributed by atoms with E-state index >= 15 is 0 Å². The quantitative estimate of drug-likeness (QED) is 0.382. The Balaban J connectivity index is 1.51. The number of aliphatic hydroxyl groups is 1. The van der Waals surface area contributed by atoms with E-state index in [-0.39, 0.29) is 6.61 Å². The third kappa shape index (κ3) is 2.92. The van der Waals surface area contributed by atoms with Gasteiger partial charge in [0.1, 0.15) is 16.7 Å². The molecule has 0 aliphatic heterocycles. The summed E-state index contributed by atoms with van der Waals surface area (Å²) in [5, 5.41) is 21.5. The molecule has 9 nitrogen and oxygen atoms in total. The van der Waals surface area contributed by atoms with Gasteiger partial charge < -0.3 is 10.1 Å². The summed E-state index contributed by atoms with van der Waals surface area (Å²) in [6.07, 6.45) is 3.63. The molecular weight excluding hydrogens is 424 g/mol. The van der Waals surface area contributed by atoms with Crippen molar-refractivity contribution in [2.24, 2.45) is 7.05 Å². The van der Waals surface area contributed by atoms with Crippen LogP contribution in [0.25, 0.3) is 55.4 Å². The van der Waals surface area contributed by atoms with E-state index in [1.165, 1.54) is 4.88 Å². The molecule has 0 unspecified atom stereocenters. The molecule has 0 radical (unpaired) electrons. The van der Waals surface area contributed by atoms with E-state index in [1.54, 1.807) is 22.2 Å². The van der Waals surface area contributed by atoms with Gasteiger partial charge in [0, 0.05) is 29.9 Å². The van der Waals surface area contributed by atoms with Gasteiger partial charge in [-0.2, -0.15) is 10.2 Å². The summed E-state index contributed by atoms with van der Waals surface area (Å²) in [6.45, 7) is 1.92. The molecular formula is C22H18N8OS. The van der Waals surface area contributed by atoms with Crippen LogP contribution in [0.15, 0.2) is 42.7 Å². The number of hydrogen-bond donors (Lipinski definition) is 3. The first kappa shape index (κ1) is 18.8. The minimum Gasteiger partial charge on any atom is -0.390 e. The lowest BCUT2D eigenvalue weighted by Gasteiger charge is -2.00. The maximum atomic E-state index is 9.66. The molecule has 0 atom stereocenters. The highest BCUT2D eigenvalue weighted by Crippen LogP contribution is 2.33. The number of aryl methyl sites for hydroxylation is 2. The number of pyridine rings is 2. The number of nitrogens with one attached hydrogen (secondary N) is 2. The van der Waals surface area contributed by atoms with Gasteiger partial charge in [0.05, 0.1) is 33.9 Å². The molecule has 0 amide bonds. The highest BCUT2D eigenvalue weighted by molar-refractivity contribution is 7.15. The van der Waals surface area contributed by atoms with Crippen molar-refractivity contribution < 1.29 is 5.11 Å². The Kier molecular flexibility index (Phi) is 4.17. The van der Waals surface area contributed by atoms with Crippen LogP contribution < -0.4 is 0 Å². The van der Waals surface area contributed by atoms with Crippen molar-refractivity contribution in [2.45, 2.75) is 13.5 Å². The number of H-pyrrole nitrogens is 2. The molecule has 0 spiro atoms. The van der Waals surface area contributed by atoms with E-state index in [4.69, 9.17) is 9.97 Å². The van der Waals surface area contributed by atoms with Crippen molar-refractivity contribution in [3.63, 3.8) is 0 Å². The van der Waals surface area contributed by atoms with Crippen molar-refractivity contribution in [3.05, 3.63) is 53.3 Å². The van der Waals surface area contributed by atoms with Gasteiger partial charge in [-0.3, -0.25) is 14.8 Å². The van der Waals surface area contributed by atoms with Crippen LogP contribution in [0.2, 0.25) is 0 Å². The summed E-state index contributed by atoms with van der Waals surface area (Å²) in [5.74, 6) is 0.618. The summed E-state index contributed by atoms with van der Waals surface area (Å²) in [4.78, 5) is 19.9. The number of hydrogen-bond acceptors (Lipinski definition) is 7. The molecule has 6 heterocycles. The Morgan fingerprint density at radius 2 is 1.91 bits per heavy atom. The second-order valence-corrected chi connectivity index (χ2v) is 8.83. The maximum Gasteiger partial charge on any atom is 0.161 e. The van der Waals surface area contributed by atoms with Crippen LogP contribution in [0.4, 0.5) is 0 Å². The molecule has 0 fully saturated rings. The fraction of sp³-hybridized carbons (Fsp3) is 0.136. The largest absolute Gasteiger partial charge is 0.390 e. The number of fused-ring (bicyclic) bond motifs is 2. The lowest BCUT2D eigenvalue weighted by atomic mass is 10.1. The minimum atomic E-state index is -0.157. The van der Waals surface area contributed by atoms with Crippen LogP contribution >= 0.6 is 11.3 Å². The summed E-state index contributed by atoms with van der Waals surface area (Å²) in [5.41, 5.74) is 6.72. The molecule has 0 saturated heterocycles. The van der Waals surface area contributed by atoms with E-state index in [9.17, 15) is 5.11 Å². The predicted octanol–water partition coefficient (Wildman–Crippen LogP) is 3.83. The fourth-order valence-electron chi connectivity index (χ4n) is 3.87. The van der Waals surface area contributed by atoms with Gasteiger partial charge in [-0.05, 0) is 37.3 Å². The first-order valence-corrected chi connectivity index (χ1v) is 10.8. The zero-order valence-electron chi connectivity index (χ0n) is 17.3. The standard InChI is InChI=1S/C22H18N8OS/c1-11-3-6-17(32-11)20-18-14(7-8-23-20)25-22(26-18)21-19-15(27-28-21)5-4-13(24-19)12-9-30(2)29-16(12)10-31/h3-9,31H,10H2,1-2H3,(H,25,26)(H,27,28). The first-order chi connectivity index (χ1) is 15.6. The molecule has 6 aromatic rings. The summed E-state index contributed by atoms with van der Waals surface area (Å²) in [6, 6.07) is 9.87. The van der Waals surface area contributed by atoms with E-state index in [1.807, 2.05) is 31.4 Å². The van der Waals surface area contributed by atoms with Crippen molar-refractivity contribution >= 4 is 33.4 Å². The van der Waals surface area contributed by atoms with Crippen LogP contribution in [0.1, 0.15) is 10.6 Å². The van der Waals surface area contributed by atoms with Gasteiger partial charge in [0.2, 0.25) is 0 Å². The lowest BCUT2D eigenvalue weighted by molar-refractivity contribution is 0.276. The SMILES string of the molecule is Cc1ccc(-c2nccc3[nH]c(-c4n[nH]c5ccc(-c6cn(C)nc6CO)nc45)nc23)s1. The highest BCUT2D eigenvalue weighted by atomic mass is 32.1. The third-order valence-corrected chi connectivity index (χ3v) is 6.35. The van der Waals surface area contributed by atoms with Crippen molar-refractivity contribution in [3.8, 4) is 33.3 Å². The van der Waals surface area contributed by atoms with Crippen LogP contribution in [0.3, 0.4) is 0 Å². The number of aromatic amines is 2. The summed E-state index contributed by atoms with van der Waals surface area (Å²) >= 11 is 1.69. The van der Waals surface area contributed by atoms with Gasteiger partial charge in [-0.25, -0.2) is 9.97 Å². The van der Waals surface area contributed by atoms with Gasteiger partial charge in [-0.1, -0.05) is 0 Å². The number of rotatable bonds is 4. The predicted molar refractivity (Wildman–Crippen MR) is 123 cm³/mol. The van der Waals surface area contributed by atoms with Gasteiger partial charge in [0.15, 0.2) is 11.5 Å². The van der Waals surface area contributed by atoms with E-state index < -0.39 is 0 Å². The molecule has 10 heteroatoms. The zero-order chi connectivity index (χ0) is 21.8. The first-order valence-electron chi connectivity index (χ1n) is 10.0. The Bertz CT molecular complexity index is 1610. The second-order valence-electron chi connectivity index (χ2n) is 7.54. The molecule has 6 rings (SSSR count). The maximum absolute atomic E-state index is 9.66. The Hall–Kier alpha value is -3.89. The molecule has 0 saturated carbocycles. The smallest absolute Gasteiger partial charge is 0.161 e. The van der Waals surface area contributed by atoms with Gasteiger partial charge >= 0.3 is 0 Å². The van der Waals surface area contributed by atoms with Crippen molar-refractivity contribution in [1.82, 2.24) is 39.9 Å². The van der Waals surface area contributed by atoms with E-state index in [2.05, 4.69) is 44.3 Å².